The number of nitrogens with zero attached hydrogens (tertiary/aromatic N) is 3. The molecule has 0 bridgehead atoms. The van der Waals surface area contributed by atoms with Crippen LogP contribution in [0.3, 0.4) is 0 Å². The van der Waals surface area contributed by atoms with Gasteiger partial charge in [-0.3, -0.25) is 14.0 Å². The molecule has 3 rings (SSSR count). The van der Waals surface area contributed by atoms with Crippen LogP contribution in [-0.4, -0.2) is 35.6 Å². The summed E-state index contributed by atoms with van der Waals surface area (Å²) < 4.78 is 12.3. The van der Waals surface area contributed by atoms with E-state index in [9.17, 15) is 14.9 Å². The molecule has 0 radical (unpaired) electrons. The summed E-state index contributed by atoms with van der Waals surface area (Å²) in [5, 5.41) is 12.1. The standard InChI is InChI=1S/C24H24N4O4/c1-15-10-16(2)12-19(11-15)32-23-20(13-18(14-25)22(29)26-7-9-31-4)24(30)28-8-5-6-17(3)21(28)27-23/h5-6,8,10-13H,7,9H2,1-4H3,(H,26,29). The number of carbonyl (C=O) groups excluding carboxylic acids is 1. The van der Waals surface area contributed by atoms with Gasteiger partial charge in [-0.25, -0.2) is 0 Å². The Morgan fingerprint density at radius 3 is 2.62 bits per heavy atom. The van der Waals surface area contributed by atoms with Crippen LogP contribution in [0, 0.1) is 32.1 Å². The van der Waals surface area contributed by atoms with Gasteiger partial charge in [-0.15, -0.1) is 0 Å². The van der Waals surface area contributed by atoms with Crippen molar-refractivity contribution in [2.75, 3.05) is 20.3 Å². The van der Waals surface area contributed by atoms with Crippen molar-refractivity contribution in [2.45, 2.75) is 20.8 Å². The van der Waals surface area contributed by atoms with E-state index in [-0.39, 0.29) is 23.6 Å². The predicted octanol–water partition coefficient (Wildman–Crippen LogP) is 3.08. The van der Waals surface area contributed by atoms with Crippen molar-refractivity contribution >= 4 is 17.6 Å². The van der Waals surface area contributed by atoms with Crippen LogP contribution in [0.2, 0.25) is 0 Å². The Morgan fingerprint density at radius 2 is 1.97 bits per heavy atom. The van der Waals surface area contributed by atoms with Gasteiger partial charge in [-0.05, 0) is 61.7 Å². The number of amides is 1. The van der Waals surface area contributed by atoms with Gasteiger partial charge in [-0.1, -0.05) is 12.1 Å². The maximum Gasteiger partial charge on any atom is 0.269 e. The van der Waals surface area contributed by atoms with Gasteiger partial charge in [0.15, 0.2) is 0 Å². The van der Waals surface area contributed by atoms with Gasteiger partial charge in [0.05, 0.1) is 6.61 Å². The number of nitrogens with one attached hydrogen (secondary N) is 1. The molecule has 8 heteroatoms. The van der Waals surface area contributed by atoms with Crippen molar-refractivity contribution in [1.82, 2.24) is 14.7 Å². The molecule has 3 aromatic rings. The van der Waals surface area contributed by atoms with Crippen LogP contribution in [0.1, 0.15) is 22.3 Å². The Labute approximate surface area is 185 Å². The predicted molar refractivity (Wildman–Crippen MR) is 121 cm³/mol. The first-order valence-corrected chi connectivity index (χ1v) is 10.0. The monoisotopic (exact) mass is 432 g/mol. The number of hydrogen-bond acceptors (Lipinski definition) is 6. The highest BCUT2D eigenvalue weighted by molar-refractivity contribution is 6.01. The van der Waals surface area contributed by atoms with E-state index in [4.69, 9.17) is 9.47 Å². The zero-order valence-corrected chi connectivity index (χ0v) is 18.4. The van der Waals surface area contributed by atoms with E-state index < -0.39 is 11.5 Å². The highest BCUT2D eigenvalue weighted by Gasteiger charge is 2.18. The number of nitriles is 1. The van der Waals surface area contributed by atoms with Gasteiger partial charge in [0.2, 0.25) is 5.88 Å². The minimum atomic E-state index is -0.615. The Kier molecular flexibility index (Phi) is 7.03. The average Bonchev–Trinajstić information content (AvgIpc) is 2.74. The number of ether oxygens (including phenoxy) is 2. The third kappa shape index (κ3) is 5.02. The maximum atomic E-state index is 13.3. The summed E-state index contributed by atoms with van der Waals surface area (Å²) in [6, 6.07) is 11.1. The summed E-state index contributed by atoms with van der Waals surface area (Å²) in [4.78, 5) is 30.3. The van der Waals surface area contributed by atoms with Gasteiger partial charge in [0.1, 0.15) is 28.6 Å². The Balaban J connectivity index is 2.17. The zero-order chi connectivity index (χ0) is 23.3. The Bertz CT molecular complexity index is 1280. The molecule has 2 aromatic heterocycles. The molecular weight excluding hydrogens is 408 g/mol. The van der Waals surface area contributed by atoms with E-state index in [0.717, 1.165) is 16.7 Å². The van der Waals surface area contributed by atoms with Crippen molar-refractivity contribution in [2.24, 2.45) is 0 Å². The lowest BCUT2D eigenvalue weighted by Gasteiger charge is -2.12. The zero-order valence-electron chi connectivity index (χ0n) is 18.4. The summed E-state index contributed by atoms with van der Waals surface area (Å²) in [5.74, 6) is -0.0904. The molecule has 2 heterocycles. The smallest absolute Gasteiger partial charge is 0.269 e. The van der Waals surface area contributed by atoms with Crippen LogP contribution in [0.25, 0.3) is 11.7 Å². The molecule has 0 spiro atoms. The van der Waals surface area contributed by atoms with E-state index in [1.54, 1.807) is 12.3 Å². The number of aryl methyl sites for hydroxylation is 3. The first-order chi connectivity index (χ1) is 15.3. The summed E-state index contributed by atoms with van der Waals surface area (Å²) in [5.41, 5.74) is 2.50. The summed E-state index contributed by atoms with van der Waals surface area (Å²) >= 11 is 0. The van der Waals surface area contributed by atoms with Crippen molar-refractivity contribution in [3.8, 4) is 17.7 Å². The molecule has 1 aromatic carbocycles. The summed E-state index contributed by atoms with van der Waals surface area (Å²) in [7, 11) is 1.51. The molecule has 0 fully saturated rings. The molecule has 1 amide bonds. The lowest BCUT2D eigenvalue weighted by molar-refractivity contribution is -0.117. The lowest BCUT2D eigenvalue weighted by atomic mass is 10.1. The number of carbonyl (C=O) groups is 1. The van der Waals surface area contributed by atoms with Crippen molar-refractivity contribution in [3.63, 3.8) is 0 Å². The van der Waals surface area contributed by atoms with E-state index in [0.29, 0.717) is 18.0 Å². The molecule has 0 unspecified atom stereocenters. The molecule has 8 nitrogen and oxygen atoms in total. The fourth-order valence-corrected chi connectivity index (χ4v) is 3.25. The fourth-order valence-electron chi connectivity index (χ4n) is 3.25. The number of pyridine rings is 1. The van der Waals surface area contributed by atoms with E-state index in [1.807, 2.05) is 51.1 Å². The van der Waals surface area contributed by atoms with Gasteiger partial charge in [0, 0.05) is 19.9 Å². The summed E-state index contributed by atoms with van der Waals surface area (Å²) in [6.07, 6.45) is 2.80. The van der Waals surface area contributed by atoms with Gasteiger partial charge >= 0.3 is 0 Å². The first kappa shape index (κ1) is 22.7. The molecule has 0 saturated heterocycles. The number of methoxy groups -OCH3 is 1. The topological polar surface area (TPSA) is 106 Å². The van der Waals surface area contributed by atoms with Crippen LogP contribution < -0.4 is 15.6 Å². The molecule has 0 atom stereocenters. The van der Waals surface area contributed by atoms with Crippen LogP contribution in [0.15, 0.2) is 46.9 Å². The fraction of sp³-hybridized carbons (Fsp3) is 0.250. The molecule has 164 valence electrons. The molecule has 0 saturated carbocycles. The second-order valence-corrected chi connectivity index (χ2v) is 7.36. The van der Waals surface area contributed by atoms with Crippen molar-refractivity contribution in [1.29, 1.82) is 5.26 Å². The molecule has 0 aliphatic heterocycles. The number of fused-ring (bicyclic) bond motifs is 1. The summed E-state index contributed by atoms with van der Waals surface area (Å²) in [6.45, 7) is 6.23. The maximum absolute atomic E-state index is 13.3. The highest BCUT2D eigenvalue weighted by atomic mass is 16.5. The molecule has 1 N–H and O–H groups in total. The Hall–Kier alpha value is -3.96. The van der Waals surface area contributed by atoms with E-state index in [2.05, 4.69) is 10.3 Å². The van der Waals surface area contributed by atoms with E-state index in [1.165, 1.54) is 17.6 Å². The first-order valence-electron chi connectivity index (χ1n) is 10.0. The largest absolute Gasteiger partial charge is 0.438 e. The lowest BCUT2D eigenvalue weighted by Crippen LogP contribution is -2.28. The number of benzene rings is 1. The Morgan fingerprint density at radius 1 is 1.25 bits per heavy atom. The minimum absolute atomic E-state index is 0.00528. The number of aromatic nitrogens is 2. The average molecular weight is 432 g/mol. The van der Waals surface area contributed by atoms with Crippen LogP contribution in [-0.2, 0) is 9.53 Å². The van der Waals surface area contributed by atoms with Crippen molar-refractivity contribution in [3.05, 3.63) is 74.7 Å². The molecule has 0 aliphatic rings. The number of hydrogen-bond donors (Lipinski definition) is 1. The molecular formula is C24H24N4O4. The third-order valence-corrected chi connectivity index (χ3v) is 4.70. The van der Waals surface area contributed by atoms with Crippen LogP contribution in [0.4, 0.5) is 0 Å². The quantitative estimate of drug-likeness (QED) is 0.349. The normalized spacial score (nSPS) is 11.3. The molecule has 32 heavy (non-hydrogen) atoms. The van der Waals surface area contributed by atoms with Crippen LogP contribution in [0.5, 0.6) is 11.6 Å². The van der Waals surface area contributed by atoms with Crippen LogP contribution >= 0.6 is 0 Å². The molecule has 0 aliphatic carbocycles. The van der Waals surface area contributed by atoms with Gasteiger partial charge in [0.25, 0.3) is 11.5 Å². The van der Waals surface area contributed by atoms with Gasteiger partial charge in [-0.2, -0.15) is 10.2 Å². The SMILES string of the molecule is COCCNC(=O)C(C#N)=Cc1c(Oc2cc(C)cc(C)c2)nc2c(C)cccn2c1=O. The van der Waals surface area contributed by atoms with E-state index >= 15 is 0 Å². The van der Waals surface area contributed by atoms with Crippen molar-refractivity contribution < 1.29 is 14.3 Å². The second kappa shape index (κ2) is 9.90. The second-order valence-electron chi connectivity index (χ2n) is 7.36. The number of rotatable bonds is 7. The minimum Gasteiger partial charge on any atom is -0.438 e. The van der Waals surface area contributed by atoms with Gasteiger partial charge < -0.3 is 14.8 Å². The third-order valence-electron chi connectivity index (χ3n) is 4.70. The highest BCUT2D eigenvalue weighted by Crippen LogP contribution is 2.26.